The highest BCUT2D eigenvalue weighted by atomic mass is 32.2. The minimum absolute atomic E-state index is 0.0880. The molecule has 0 radical (unpaired) electrons. The van der Waals surface area contributed by atoms with Gasteiger partial charge in [-0.1, -0.05) is 0 Å². The second-order valence-electron chi connectivity index (χ2n) is 6.43. The molecular formula is C21H18FN3O6S2. The molecule has 0 saturated carbocycles. The van der Waals surface area contributed by atoms with E-state index in [0.29, 0.717) is 0 Å². The Labute approximate surface area is 192 Å². The lowest BCUT2D eigenvalue weighted by molar-refractivity contribution is 0.0926. The molecule has 3 rings (SSSR count). The number of carbonyl (C=O) groups is 3. The van der Waals surface area contributed by atoms with Crippen LogP contribution in [0, 0.1) is 5.82 Å². The Kier molecular flexibility index (Phi) is 7.41. The van der Waals surface area contributed by atoms with E-state index in [4.69, 9.17) is 0 Å². The van der Waals surface area contributed by atoms with E-state index in [0.717, 1.165) is 35.6 Å². The Morgan fingerprint density at radius 1 is 0.970 bits per heavy atom. The van der Waals surface area contributed by atoms with Crippen molar-refractivity contribution in [1.29, 1.82) is 0 Å². The molecule has 12 heteroatoms. The van der Waals surface area contributed by atoms with Crippen LogP contribution in [0.1, 0.15) is 27.6 Å². The molecule has 0 aliphatic carbocycles. The summed E-state index contributed by atoms with van der Waals surface area (Å²) in [6.45, 7) is 1.70. The molecule has 3 N–H and O–H groups in total. The highest BCUT2D eigenvalue weighted by Gasteiger charge is 2.19. The third-order valence-electron chi connectivity index (χ3n) is 4.15. The molecule has 172 valence electrons. The first-order chi connectivity index (χ1) is 15.7. The van der Waals surface area contributed by atoms with Gasteiger partial charge < -0.3 is 10.1 Å². The Morgan fingerprint density at radius 3 is 2.27 bits per heavy atom. The number of benzene rings is 2. The maximum Gasteiger partial charge on any atom is 0.414 e. The van der Waals surface area contributed by atoms with Gasteiger partial charge in [-0.15, -0.1) is 11.3 Å². The van der Waals surface area contributed by atoms with Crippen LogP contribution in [0.4, 0.5) is 19.9 Å². The summed E-state index contributed by atoms with van der Waals surface area (Å²) in [6, 6.07) is 11.3. The van der Waals surface area contributed by atoms with Crippen molar-refractivity contribution in [3.8, 4) is 0 Å². The van der Waals surface area contributed by atoms with Crippen LogP contribution in [0.25, 0.3) is 0 Å². The maximum absolute atomic E-state index is 13.0. The molecular weight excluding hydrogens is 473 g/mol. The number of halogens is 1. The number of ether oxygens (including phenoxy) is 1. The summed E-state index contributed by atoms with van der Waals surface area (Å²) in [5.74, 6) is -1.83. The van der Waals surface area contributed by atoms with E-state index in [-0.39, 0.29) is 33.3 Å². The van der Waals surface area contributed by atoms with Gasteiger partial charge in [0.1, 0.15) is 10.8 Å². The predicted molar refractivity (Wildman–Crippen MR) is 120 cm³/mol. The Hall–Kier alpha value is -3.77. The molecule has 33 heavy (non-hydrogen) atoms. The van der Waals surface area contributed by atoms with Gasteiger partial charge in [0.25, 0.3) is 21.8 Å². The van der Waals surface area contributed by atoms with Gasteiger partial charge in [0.15, 0.2) is 0 Å². The number of hydrogen-bond donors (Lipinski definition) is 3. The van der Waals surface area contributed by atoms with Crippen LogP contribution < -0.4 is 15.4 Å². The van der Waals surface area contributed by atoms with Gasteiger partial charge in [-0.2, -0.15) is 0 Å². The fourth-order valence-corrected chi connectivity index (χ4v) is 4.44. The van der Waals surface area contributed by atoms with E-state index in [2.05, 4.69) is 20.1 Å². The van der Waals surface area contributed by atoms with Crippen molar-refractivity contribution < 1.29 is 31.9 Å². The third kappa shape index (κ3) is 6.14. The fourth-order valence-electron chi connectivity index (χ4n) is 2.60. The molecule has 2 aromatic carbocycles. The fraction of sp³-hybridized carbons (Fsp3) is 0.0952. The normalized spacial score (nSPS) is 10.8. The molecule has 3 amide bonds. The van der Waals surface area contributed by atoms with Gasteiger partial charge >= 0.3 is 6.09 Å². The van der Waals surface area contributed by atoms with E-state index in [1.165, 1.54) is 30.3 Å². The lowest BCUT2D eigenvalue weighted by atomic mass is 10.2. The minimum Gasteiger partial charge on any atom is -0.450 e. The largest absolute Gasteiger partial charge is 0.450 e. The predicted octanol–water partition coefficient (Wildman–Crippen LogP) is 3.83. The van der Waals surface area contributed by atoms with E-state index >= 15 is 0 Å². The molecule has 0 atom stereocenters. The van der Waals surface area contributed by atoms with E-state index in [1.54, 1.807) is 12.3 Å². The first-order valence-corrected chi connectivity index (χ1v) is 11.8. The van der Waals surface area contributed by atoms with Gasteiger partial charge in [-0.3, -0.25) is 19.6 Å². The van der Waals surface area contributed by atoms with E-state index < -0.39 is 33.7 Å². The SMILES string of the molecule is CCOC(=O)NC(=O)c1ccsc1NC(=O)c1ccc(NS(=O)(=O)c2ccc(F)cc2)cc1. The molecule has 0 fully saturated rings. The van der Waals surface area contributed by atoms with Crippen molar-refractivity contribution in [3.63, 3.8) is 0 Å². The molecule has 0 saturated heterocycles. The Morgan fingerprint density at radius 2 is 1.64 bits per heavy atom. The zero-order valence-corrected chi connectivity index (χ0v) is 18.8. The third-order valence-corrected chi connectivity index (χ3v) is 6.38. The maximum atomic E-state index is 13.0. The quantitative estimate of drug-likeness (QED) is 0.461. The average Bonchev–Trinajstić information content (AvgIpc) is 3.22. The first kappa shape index (κ1) is 23.9. The monoisotopic (exact) mass is 491 g/mol. The lowest BCUT2D eigenvalue weighted by Gasteiger charge is -2.10. The van der Waals surface area contributed by atoms with Crippen molar-refractivity contribution in [1.82, 2.24) is 5.32 Å². The number of thiophene rings is 1. The number of carbonyl (C=O) groups excluding carboxylic acids is 3. The van der Waals surface area contributed by atoms with Gasteiger partial charge in [-0.25, -0.2) is 17.6 Å². The molecule has 9 nitrogen and oxygen atoms in total. The van der Waals surface area contributed by atoms with Crippen molar-refractivity contribution in [3.05, 3.63) is 76.9 Å². The molecule has 0 spiro atoms. The van der Waals surface area contributed by atoms with Crippen molar-refractivity contribution in [2.45, 2.75) is 11.8 Å². The summed E-state index contributed by atoms with van der Waals surface area (Å²) in [7, 11) is -3.93. The van der Waals surface area contributed by atoms with Crippen LogP contribution in [0.2, 0.25) is 0 Å². The molecule has 1 heterocycles. The van der Waals surface area contributed by atoms with Crippen LogP contribution in [0.15, 0.2) is 64.9 Å². The molecule has 0 aliphatic rings. The number of amides is 3. The molecule has 0 unspecified atom stereocenters. The summed E-state index contributed by atoms with van der Waals surface area (Å²) in [5, 5.41) is 6.43. The Balaban J connectivity index is 1.67. The minimum atomic E-state index is -3.93. The van der Waals surface area contributed by atoms with Crippen LogP contribution in [-0.2, 0) is 14.8 Å². The standard InChI is InChI=1S/C21H18FN3O6S2/c1-2-31-21(28)24-19(27)17-11-12-32-20(17)23-18(26)13-3-7-15(8-4-13)25-33(29,30)16-9-5-14(22)6-10-16/h3-12,25H,2H2,1H3,(H,23,26)(H,24,27,28). The van der Waals surface area contributed by atoms with Crippen LogP contribution in [-0.4, -0.2) is 32.9 Å². The molecule has 0 bridgehead atoms. The van der Waals surface area contributed by atoms with Gasteiger partial charge in [0.05, 0.1) is 17.1 Å². The van der Waals surface area contributed by atoms with Gasteiger partial charge in [-0.05, 0) is 66.9 Å². The van der Waals surface area contributed by atoms with E-state index in [1.807, 2.05) is 0 Å². The zero-order chi connectivity index (χ0) is 24.0. The van der Waals surface area contributed by atoms with Crippen molar-refractivity contribution in [2.75, 3.05) is 16.6 Å². The number of anilines is 2. The van der Waals surface area contributed by atoms with Crippen LogP contribution >= 0.6 is 11.3 Å². The molecule has 0 aliphatic heterocycles. The molecule has 3 aromatic rings. The summed E-state index contributed by atoms with van der Waals surface area (Å²) in [5.41, 5.74) is 0.483. The Bertz CT molecular complexity index is 1270. The summed E-state index contributed by atoms with van der Waals surface area (Å²) >= 11 is 1.09. The van der Waals surface area contributed by atoms with Crippen molar-refractivity contribution in [2.24, 2.45) is 0 Å². The number of alkyl carbamates (subject to hydrolysis) is 1. The molecule has 1 aromatic heterocycles. The second-order valence-corrected chi connectivity index (χ2v) is 9.03. The highest BCUT2D eigenvalue weighted by molar-refractivity contribution is 7.92. The van der Waals surface area contributed by atoms with Crippen LogP contribution in [0.5, 0.6) is 0 Å². The van der Waals surface area contributed by atoms with Crippen molar-refractivity contribution >= 4 is 50.0 Å². The van der Waals surface area contributed by atoms with E-state index in [9.17, 15) is 27.2 Å². The lowest BCUT2D eigenvalue weighted by Crippen LogP contribution is -2.31. The number of nitrogens with one attached hydrogen (secondary N) is 3. The topological polar surface area (TPSA) is 131 Å². The number of hydrogen-bond acceptors (Lipinski definition) is 7. The van der Waals surface area contributed by atoms with Crippen LogP contribution in [0.3, 0.4) is 0 Å². The zero-order valence-electron chi connectivity index (χ0n) is 17.1. The highest BCUT2D eigenvalue weighted by Crippen LogP contribution is 2.24. The summed E-state index contributed by atoms with van der Waals surface area (Å²) < 4.78 is 44.8. The second kappa shape index (κ2) is 10.2. The van der Waals surface area contributed by atoms with Gasteiger partial charge in [0, 0.05) is 11.3 Å². The number of imide groups is 1. The average molecular weight is 492 g/mol. The van der Waals surface area contributed by atoms with Gasteiger partial charge in [0.2, 0.25) is 0 Å². The smallest absolute Gasteiger partial charge is 0.414 e. The summed E-state index contributed by atoms with van der Waals surface area (Å²) in [6.07, 6.45) is -0.898. The number of rotatable bonds is 7. The number of sulfonamides is 1. The summed E-state index contributed by atoms with van der Waals surface area (Å²) in [4.78, 5) is 36.1. The first-order valence-electron chi connectivity index (χ1n) is 9.45.